The topological polar surface area (TPSA) is 42.4 Å². The molecule has 1 aliphatic heterocycles. The summed E-state index contributed by atoms with van der Waals surface area (Å²) in [5, 5.41) is 0.670. The van der Waals surface area contributed by atoms with Gasteiger partial charge in [0, 0.05) is 18.1 Å². The van der Waals surface area contributed by atoms with Crippen LogP contribution in [0.3, 0.4) is 0 Å². The molecule has 0 saturated carbocycles. The minimum absolute atomic E-state index is 0.00948. The van der Waals surface area contributed by atoms with E-state index in [1.54, 1.807) is 18.2 Å². The first-order valence-electron chi connectivity index (χ1n) is 8.25. The van der Waals surface area contributed by atoms with Gasteiger partial charge in [0.1, 0.15) is 18.1 Å². The van der Waals surface area contributed by atoms with Crippen molar-refractivity contribution in [3.63, 3.8) is 0 Å². The predicted octanol–water partition coefficient (Wildman–Crippen LogP) is 4.19. The number of hydrogen-bond donors (Lipinski definition) is 0. The first-order chi connectivity index (χ1) is 11.6. The summed E-state index contributed by atoms with van der Waals surface area (Å²) in [5.74, 6) is 1.43. The number of amides is 1. The zero-order chi connectivity index (χ0) is 16.9. The fourth-order valence-corrected chi connectivity index (χ4v) is 2.87. The van der Waals surface area contributed by atoms with Gasteiger partial charge >= 0.3 is 0 Å². The lowest BCUT2D eigenvalue weighted by Gasteiger charge is -2.30. The lowest BCUT2D eigenvalue weighted by atomic mass is 9.99. The number of ether oxygens (including phenoxy) is 1. The standard InChI is InChI=1S/C19H21ClN2O2/c1-14-9-11-22(12-10-14)19(23)18-4-2-3-16(21-18)13-24-17-7-5-15(20)6-8-17/h2-8,14H,9-13H2,1H3. The molecule has 0 spiro atoms. The third-order valence-corrected chi connectivity index (χ3v) is 4.55. The molecule has 0 radical (unpaired) electrons. The third-order valence-electron chi connectivity index (χ3n) is 4.30. The van der Waals surface area contributed by atoms with Crippen LogP contribution in [0, 0.1) is 5.92 Å². The summed E-state index contributed by atoms with van der Waals surface area (Å²) in [5.41, 5.74) is 1.22. The van der Waals surface area contributed by atoms with Gasteiger partial charge in [-0.2, -0.15) is 0 Å². The fourth-order valence-electron chi connectivity index (χ4n) is 2.74. The number of carbonyl (C=O) groups excluding carboxylic acids is 1. The molecule has 24 heavy (non-hydrogen) atoms. The fraction of sp³-hybridized carbons (Fsp3) is 0.368. The first kappa shape index (κ1) is 16.8. The quantitative estimate of drug-likeness (QED) is 0.835. The zero-order valence-electron chi connectivity index (χ0n) is 13.7. The Morgan fingerprint density at radius 2 is 1.92 bits per heavy atom. The van der Waals surface area contributed by atoms with E-state index in [0.717, 1.165) is 37.4 Å². The number of hydrogen-bond acceptors (Lipinski definition) is 3. The molecule has 4 nitrogen and oxygen atoms in total. The van der Waals surface area contributed by atoms with Gasteiger partial charge in [0.25, 0.3) is 5.91 Å². The number of halogens is 1. The van der Waals surface area contributed by atoms with Gasteiger partial charge in [-0.3, -0.25) is 4.79 Å². The van der Waals surface area contributed by atoms with Gasteiger partial charge in [0.15, 0.2) is 0 Å². The molecule has 1 aromatic carbocycles. The molecule has 2 aromatic rings. The SMILES string of the molecule is CC1CCN(C(=O)c2cccc(COc3ccc(Cl)cc3)n2)CC1. The van der Waals surface area contributed by atoms with E-state index < -0.39 is 0 Å². The van der Waals surface area contributed by atoms with Crippen LogP contribution in [0.15, 0.2) is 42.5 Å². The summed E-state index contributed by atoms with van der Waals surface area (Å²) >= 11 is 5.86. The van der Waals surface area contributed by atoms with Crippen molar-refractivity contribution < 1.29 is 9.53 Å². The van der Waals surface area contributed by atoms with Crippen molar-refractivity contribution in [1.82, 2.24) is 9.88 Å². The predicted molar refractivity (Wildman–Crippen MR) is 94.3 cm³/mol. The van der Waals surface area contributed by atoms with Crippen molar-refractivity contribution in [2.24, 2.45) is 5.92 Å². The van der Waals surface area contributed by atoms with E-state index in [4.69, 9.17) is 16.3 Å². The Hall–Kier alpha value is -2.07. The molecule has 126 valence electrons. The summed E-state index contributed by atoms with van der Waals surface area (Å²) in [6.07, 6.45) is 2.12. The highest BCUT2D eigenvalue weighted by molar-refractivity contribution is 6.30. The Balaban J connectivity index is 1.63. The number of carbonyl (C=O) groups is 1. The van der Waals surface area contributed by atoms with Crippen LogP contribution in [0.1, 0.15) is 35.9 Å². The molecule has 1 aliphatic rings. The minimum Gasteiger partial charge on any atom is -0.487 e. The molecule has 1 fully saturated rings. The van der Waals surface area contributed by atoms with Crippen LogP contribution in [0.2, 0.25) is 5.02 Å². The van der Waals surface area contributed by atoms with E-state index in [9.17, 15) is 4.79 Å². The van der Waals surface area contributed by atoms with E-state index in [1.807, 2.05) is 29.2 Å². The lowest BCUT2D eigenvalue weighted by Crippen LogP contribution is -2.38. The largest absolute Gasteiger partial charge is 0.487 e. The molecule has 0 atom stereocenters. The van der Waals surface area contributed by atoms with Crippen molar-refractivity contribution in [2.75, 3.05) is 13.1 Å². The Morgan fingerprint density at radius 1 is 1.21 bits per heavy atom. The molecule has 3 rings (SSSR count). The molecular weight excluding hydrogens is 324 g/mol. The average Bonchev–Trinajstić information content (AvgIpc) is 2.61. The maximum atomic E-state index is 12.6. The van der Waals surface area contributed by atoms with Crippen LogP contribution in [0.4, 0.5) is 0 Å². The van der Waals surface area contributed by atoms with Crippen molar-refractivity contribution in [1.29, 1.82) is 0 Å². The summed E-state index contributed by atoms with van der Waals surface area (Å²) in [7, 11) is 0. The number of benzene rings is 1. The molecule has 0 N–H and O–H groups in total. The molecule has 0 unspecified atom stereocenters. The number of rotatable bonds is 4. The van der Waals surface area contributed by atoms with Gasteiger partial charge in [-0.05, 0) is 55.2 Å². The Labute approximate surface area is 147 Å². The van der Waals surface area contributed by atoms with Crippen LogP contribution < -0.4 is 4.74 Å². The highest BCUT2D eigenvalue weighted by atomic mass is 35.5. The van der Waals surface area contributed by atoms with E-state index in [0.29, 0.717) is 23.2 Å². The van der Waals surface area contributed by atoms with Crippen molar-refractivity contribution in [2.45, 2.75) is 26.4 Å². The van der Waals surface area contributed by atoms with E-state index in [1.165, 1.54) is 0 Å². The second-order valence-electron chi connectivity index (χ2n) is 6.23. The van der Waals surface area contributed by atoms with Gasteiger partial charge in [-0.25, -0.2) is 4.98 Å². The highest BCUT2D eigenvalue weighted by Crippen LogP contribution is 2.19. The number of likely N-dealkylation sites (tertiary alicyclic amines) is 1. The second-order valence-corrected chi connectivity index (χ2v) is 6.67. The average molecular weight is 345 g/mol. The monoisotopic (exact) mass is 344 g/mol. The molecule has 1 saturated heterocycles. The van der Waals surface area contributed by atoms with Crippen LogP contribution >= 0.6 is 11.6 Å². The van der Waals surface area contributed by atoms with Crippen LogP contribution in [-0.4, -0.2) is 28.9 Å². The molecule has 2 heterocycles. The van der Waals surface area contributed by atoms with Crippen LogP contribution in [0.25, 0.3) is 0 Å². The summed E-state index contributed by atoms with van der Waals surface area (Å²) in [6.45, 7) is 4.18. The molecule has 1 amide bonds. The van der Waals surface area contributed by atoms with Gasteiger partial charge in [0.2, 0.25) is 0 Å². The molecular formula is C19H21ClN2O2. The van der Waals surface area contributed by atoms with Crippen molar-refractivity contribution in [3.05, 3.63) is 58.9 Å². The Morgan fingerprint density at radius 3 is 2.62 bits per heavy atom. The summed E-state index contributed by atoms with van der Waals surface area (Å²) in [6, 6.07) is 12.7. The van der Waals surface area contributed by atoms with Gasteiger partial charge in [0.05, 0.1) is 5.69 Å². The lowest BCUT2D eigenvalue weighted by molar-refractivity contribution is 0.0690. The maximum Gasteiger partial charge on any atom is 0.272 e. The number of pyridine rings is 1. The number of aromatic nitrogens is 1. The molecule has 1 aromatic heterocycles. The Bertz CT molecular complexity index is 695. The van der Waals surface area contributed by atoms with Crippen LogP contribution in [-0.2, 0) is 6.61 Å². The Kier molecular flexibility index (Phi) is 5.36. The normalized spacial score (nSPS) is 15.3. The van der Waals surface area contributed by atoms with Crippen molar-refractivity contribution >= 4 is 17.5 Å². The molecule has 0 aliphatic carbocycles. The highest BCUT2D eigenvalue weighted by Gasteiger charge is 2.22. The van der Waals surface area contributed by atoms with Gasteiger partial charge < -0.3 is 9.64 Å². The third kappa shape index (κ3) is 4.26. The number of piperidine rings is 1. The van der Waals surface area contributed by atoms with E-state index >= 15 is 0 Å². The maximum absolute atomic E-state index is 12.6. The molecule has 0 bridgehead atoms. The van der Waals surface area contributed by atoms with Gasteiger partial charge in [-0.1, -0.05) is 24.6 Å². The second kappa shape index (κ2) is 7.67. The van der Waals surface area contributed by atoms with E-state index in [2.05, 4.69) is 11.9 Å². The first-order valence-corrected chi connectivity index (χ1v) is 8.63. The number of nitrogens with zero attached hydrogens (tertiary/aromatic N) is 2. The van der Waals surface area contributed by atoms with Crippen LogP contribution in [0.5, 0.6) is 5.75 Å². The molecule has 5 heteroatoms. The minimum atomic E-state index is 0.00948. The summed E-state index contributed by atoms with van der Waals surface area (Å²) in [4.78, 5) is 18.9. The zero-order valence-corrected chi connectivity index (χ0v) is 14.5. The van der Waals surface area contributed by atoms with Gasteiger partial charge in [-0.15, -0.1) is 0 Å². The van der Waals surface area contributed by atoms with E-state index in [-0.39, 0.29) is 5.91 Å². The summed E-state index contributed by atoms with van der Waals surface area (Å²) < 4.78 is 5.70. The van der Waals surface area contributed by atoms with Crippen molar-refractivity contribution in [3.8, 4) is 5.75 Å². The smallest absolute Gasteiger partial charge is 0.272 e.